The monoisotopic (exact) mass is 259 g/mol. The van der Waals surface area contributed by atoms with E-state index in [1.54, 1.807) is 7.11 Å². The third-order valence-corrected chi connectivity index (χ3v) is 2.77. The van der Waals surface area contributed by atoms with Crippen molar-refractivity contribution >= 4 is 5.91 Å². The van der Waals surface area contributed by atoms with Gasteiger partial charge in [0.25, 0.3) is 0 Å². The van der Waals surface area contributed by atoms with E-state index < -0.39 is 5.41 Å². The van der Waals surface area contributed by atoms with Crippen LogP contribution in [-0.2, 0) is 14.3 Å². The van der Waals surface area contributed by atoms with Gasteiger partial charge in [0.2, 0.25) is 5.91 Å². The number of hydrogen-bond donors (Lipinski definition) is 1. The molecule has 0 bridgehead atoms. The summed E-state index contributed by atoms with van der Waals surface area (Å²) in [7, 11) is 1.68. The molecule has 108 valence electrons. The van der Waals surface area contributed by atoms with Gasteiger partial charge in [0.15, 0.2) is 0 Å². The largest absolute Gasteiger partial charge is 0.385 e. The van der Waals surface area contributed by atoms with Gasteiger partial charge >= 0.3 is 0 Å². The highest BCUT2D eigenvalue weighted by Gasteiger charge is 2.31. The van der Waals surface area contributed by atoms with Gasteiger partial charge in [-0.25, -0.2) is 0 Å². The van der Waals surface area contributed by atoms with E-state index in [0.29, 0.717) is 13.2 Å². The van der Waals surface area contributed by atoms with Gasteiger partial charge in [0.05, 0.1) is 17.6 Å². The molecule has 0 fully saturated rings. The zero-order chi connectivity index (χ0) is 14.4. The minimum atomic E-state index is -0.519. The molecule has 0 aromatic heterocycles. The molecule has 0 aliphatic rings. The normalized spacial score (nSPS) is 12.9. The van der Waals surface area contributed by atoms with Crippen LogP contribution in [0.15, 0.2) is 0 Å². The first-order valence-electron chi connectivity index (χ1n) is 6.54. The molecular weight excluding hydrogens is 230 g/mol. The second-order valence-corrected chi connectivity index (χ2v) is 6.30. The summed E-state index contributed by atoms with van der Waals surface area (Å²) in [6.45, 7) is 12.8. The summed E-state index contributed by atoms with van der Waals surface area (Å²) in [5, 5.41) is 2.92. The van der Waals surface area contributed by atoms with Crippen molar-refractivity contribution in [2.75, 3.05) is 20.3 Å². The molecule has 0 unspecified atom stereocenters. The summed E-state index contributed by atoms with van der Waals surface area (Å²) in [5.74, 6) is 0.0278. The third-order valence-electron chi connectivity index (χ3n) is 2.77. The first-order chi connectivity index (χ1) is 8.10. The summed E-state index contributed by atoms with van der Waals surface area (Å²) in [6.07, 6.45) is 0.811. The Morgan fingerprint density at radius 2 is 1.78 bits per heavy atom. The Morgan fingerprint density at radius 1 is 1.22 bits per heavy atom. The number of nitrogens with one attached hydrogen (secondary N) is 1. The van der Waals surface area contributed by atoms with E-state index in [-0.39, 0.29) is 17.6 Å². The molecule has 0 aromatic carbocycles. The number of methoxy groups -OCH3 is 1. The van der Waals surface area contributed by atoms with Crippen LogP contribution in [-0.4, -0.2) is 37.9 Å². The van der Waals surface area contributed by atoms with Gasteiger partial charge in [0, 0.05) is 19.8 Å². The van der Waals surface area contributed by atoms with E-state index in [0.717, 1.165) is 6.42 Å². The van der Waals surface area contributed by atoms with Gasteiger partial charge in [-0.3, -0.25) is 4.79 Å². The van der Waals surface area contributed by atoms with Crippen molar-refractivity contribution in [3.05, 3.63) is 0 Å². The number of rotatable bonds is 8. The van der Waals surface area contributed by atoms with Gasteiger partial charge < -0.3 is 14.8 Å². The summed E-state index contributed by atoms with van der Waals surface area (Å²) in [4.78, 5) is 12.0. The summed E-state index contributed by atoms with van der Waals surface area (Å²) in [6, 6.07) is 0.151. The maximum atomic E-state index is 12.0. The fraction of sp³-hybridized carbons (Fsp3) is 0.929. The average Bonchev–Trinajstić information content (AvgIpc) is 2.23. The lowest BCUT2D eigenvalue weighted by Gasteiger charge is -2.31. The lowest BCUT2D eigenvalue weighted by atomic mass is 9.92. The highest BCUT2D eigenvalue weighted by Crippen LogP contribution is 2.22. The molecule has 0 aromatic rings. The molecule has 0 aliphatic carbocycles. The van der Waals surface area contributed by atoms with E-state index in [2.05, 4.69) is 5.32 Å². The minimum Gasteiger partial charge on any atom is -0.385 e. The quantitative estimate of drug-likeness (QED) is 0.728. The third kappa shape index (κ3) is 6.97. The van der Waals surface area contributed by atoms with Gasteiger partial charge in [-0.2, -0.15) is 0 Å². The van der Waals surface area contributed by atoms with Gasteiger partial charge in [-0.05, 0) is 48.0 Å². The Kier molecular flexibility index (Phi) is 6.86. The number of amides is 1. The fourth-order valence-corrected chi connectivity index (χ4v) is 1.32. The Hall–Kier alpha value is -0.610. The second kappa shape index (κ2) is 7.10. The number of carbonyl (C=O) groups excluding carboxylic acids is 1. The Bertz CT molecular complexity index is 260. The molecule has 1 amide bonds. The van der Waals surface area contributed by atoms with E-state index >= 15 is 0 Å². The number of ether oxygens (including phenoxy) is 2. The van der Waals surface area contributed by atoms with E-state index in [1.165, 1.54) is 0 Å². The van der Waals surface area contributed by atoms with Crippen LogP contribution in [0.3, 0.4) is 0 Å². The van der Waals surface area contributed by atoms with Gasteiger partial charge in [-0.15, -0.1) is 0 Å². The molecule has 4 nitrogen and oxygen atoms in total. The molecule has 1 N–H and O–H groups in total. The predicted octanol–water partition coefficient (Wildman–Crippen LogP) is 2.37. The Morgan fingerprint density at radius 3 is 2.22 bits per heavy atom. The second-order valence-electron chi connectivity index (χ2n) is 6.30. The average molecular weight is 259 g/mol. The van der Waals surface area contributed by atoms with Crippen molar-refractivity contribution < 1.29 is 14.3 Å². The molecule has 18 heavy (non-hydrogen) atoms. The zero-order valence-electron chi connectivity index (χ0n) is 12.9. The molecule has 0 rings (SSSR count). The van der Waals surface area contributed by atoms with Crippen molar-refractivity contribution in [1.82, 2.24) is 5.32 Å². The van der Waals surface area contributed by atoms with Crippen molar-refractivity contribution in [2.45, 2.75) is 59.6 Å². The smallest absolute Gasteiger partial charge is 0.228 e. The number of carbonyl (C=O) groups is 1. The van der Waals surface area contributed by atoms with E-state index in [9.17, 15) is 4.79 Å². The molecule has 0 aliphatic heterocycles. The highest BCUT2D eigenvalue weighted by molar-refractivity contribution is 5.82. The maximum absolute atomic E-state index is 12.0. The van der Waals surface area contributed by atoms with Crippen LogP contribution in [0.4, 0.5) is 0 Å². The SMILES string of the molecule is COCCC(C)(C)OCC(C)(C)C(=O)NC(C)C. The molecule has 0 radical (unpaired) electrons. The zero-order valence-corrected chi connectivity index (χ0v) is 12.9. The van der Waals surface area contributed by atoms with Crippen LogP contribution < -0.4 is 5.32 Å². The van der Waals surface area contributed by atoms with E-state index in [1.807, 2.05) is 41.5 Å². The molecule has 0 saturated heterocycles. The molecule has 4 heteroatoms. The lowest BCUT2D eigenvalue weighted by Crippen LogP contribution is -2.44. The first kappa shape index (κ1) is 17.4. The minimum absolute atomic E-state index is 0.0278. The maximum Gasteiger partial charge on any atom is 0.228 e. The summed E-state index contributed by atoms with van der Waals surface area (Å²) in [5.41, 5.74) is -0.792. The molecule has 0 atom stereocenters. The summed E-state index contributed by atoms with van der Waals surface area (Å²) < 4.78 is 10.9. The van der Waals surface area contributed by atoms with Crippen molar-refractivity contribution in [1.29, 1.82) is 0 Å². The van der Waals surface area contributed by atoms with E-state index in [4.69, 9.17) is 9.47 Å². The molecule has 0 saturated carbocycles. The molecule has 0 heterocycles. The lowest BCUT2D eigenvalue weighted by molar-refractivity contribution is -0.138. The van der Waals surface area contributed by atoms with Crippen LogP contribution in [0.2, 0.25) is 0 Å². The van der Waals surface area contributed by atoms with Crippen LogP contribution in [0.1, 0.15) is 48.0 Å². The van der Waals surface area contributed by atoms with Gasteiger partial charge in [0.1, 0.15) is 0 Å². The van der Waals surface area contributed by atoms with Gasteiger partial charge in [-0.1, -0.05) is 0 Å². The highest BCUT2D eigenvalue weighted by atomic mass is 16.5. The Balaban J connectivity index is 4.28. The van der Waals surface area contributed by atoms with Crippen molar-refractivity contribution in [3.63, 3.8) is 0 Å². The van der Waals surface area contributed by atoms with Crippen molar-refractivity contribution in [3.8, 4) is 0 Å². The molecular formula is C14H29NO3. The summed E-state index contributed by atoms with van der Waals surface area (Å²) >= 11 is 0. The standard InChI is InChI=1S/C14H29NO3/c1-11(2)15-12(16)13(3,4)10-18-14(5,6)8-9-17-7/h11H,8-10H2,1-7H3,(H,15,16). The fourth-order valence-electron chi connectivity index (χ4n) is 1.32. The van der Waals surface area contributed by atoms with Crippen molar-refractivity contribution in [2.24, 2.45) is 5.41 Å². The predicted molar refractivity (Wildman–Crippen MR) is 73.6 cm³/mol. The molecule has 0 spiro atoms. The van der Waals surface area contributed by atoms with Crippen LogP contribution in [0.5, 0.6) is 0 Å². The topological polar surface area (TPSA) is 47.6 Å². The number of hydrogen-bond acceptors (Lipinski definition) is 3. The Labute approximate surface area is 111 Å². The van der Waals surface area contributed by atoms with Crippen LogP contribution >= 0.6 is 0 Å². The first-order valence-corrected chi connectivity index (χ1v) is 6.54. The van der Waals surface area contributed by atoms with Crippen LogP contribution in [0, 0.1) is 5.41 Å². The van der Waals surface area contributed by atoms with Crippen LogP contribution in [0.25, 0.3) is 0 Å².